The first-order chi connectivity index (χ1) is 9.06. The highest BCUT2D eigenvalue weighted by molar-refractivity contribution is 5.80. The molecule has 110 valence electrons. The molecule has 0 spiro atoms. The van der Waals surface area contributed by atoms with Crippen LogP contribution in [0.4, 0.5) is 0 Å². The van der Waals surface area contributed by atoms with Gasteiger partial charge < -0.3 is 9.84 Å². The quantitative estimate of drug-likeness (QED) is 0.721. The maximum atomic E-state index is 11.8. The summed E-state index contributed by atoms with van der Waals surface area (Å²) in [4.78, 5) is 23.2. The Bertz CT molecular complexity index is 295. The lowest BCUT2D eigenvalue weighted by Crippen LogP contribution is -2.31. The number of carboxylic acid groups (broad SMARTS) is 1. The van der Waals surface area contributed by atoms with E-state index in [4.69, 9.17) is 4.74 Å². The molecule has 19 heavy (non-hydrogen) atoms. The topological polar surface area (TPSA) is 63.6 Å². The van der Waals surface area contributed by atoms with Gasteiger partial charge in [-0.2, -0.15) is 0 Å². The van der Waals surface area contributed by atoms with Gasteiger partial charge in [0.05, 0.1) is 18.4 Å². The van der Waals surface area contributed by atoms with E-state index in [-0.39, 0.29) is 5.97 Å². The van der Waals surface area contributed by atoms with Gasteiger partial charge in [-0.15, -0.1) is 0 Å². The third kappa shape index (κ3) is 5.21. The van der Waals surface area contributed by atoms with Crippen LogP contribution in [0.3, 0.4) is 0 Å². The molecule has 1 rings (SSSR count). The van der Waals surface area contributed by atoms with Crippen molar-refractivity contribution in [2.45, 2.75) is 58.8 Å². The fourth-order valence-electron chi connectivity index (χ4n) is 2.80. The van der Waals surface area contributed by atoms with Gasteiger partial charge in [0.1, 0.15) is 0 Å². The summed E-state index contributed by atoms with van der Waals surface area (Å²) in [5.74, 6) is -1.94. The van der Waals surface area contributed by atoms with Gasteiger partial charge in [0.15, 0.2) is 0 Å². The Morgan fingerprint density at radius 3 is 2.42 bits per heavy atom. The minimum atomic E-state index is -0.869. The average molecular weight is 270 g/mol. The van der Waals surface area contributed by atoms with Gasteiger partial charge in [-0.25, -0.2) is 0 Å². The lowest BCUT2D eigenvalue weighted by molar-refractivity contribution is -0.157. The highest BCUT2D eigenvalue weighted by atomic mass is 16.5. The number of carbonyl (C=O) groups excluding carboxylic acids is 1. The zero-order valence-electron chi connectivity index (χ0n) is 12.1. The average Bonchev–Trinajstić information content (AvgIpc) is 2.42. The molecule has 0 aromatic rings. The van der Waals surface area contributed by atoms with Crippen molar-refractivity contribution >= 4 is 11.9 Å². The first-order valence-electron chi connectivity index (χ1n) is 7.45. The highest BCUT2D eigenvalue weighted by Gasteiger charge is 2.33. The summed E-state index contributed by atoms with van der Waals surface area (Å²) >= 11 is 0. The summed E-state index contributed by atoms with van der Waals surface area (Å²) in [5, 5.41) is 9.34. The maximum absolute atomic E-state index is 11.8. The van der Waals surface area contributed by atoms with Crippen LogP contribution in [0.25, 0.3) is 0 Å². The van der Waals surface area contributed by atoms with Crippen LogP contribution in [0, 0.1) is 17.8 Å². The second kappa shape index (κ2) is 8.18. The highest BCUT2D eigenvalue weighted by Crippen LogP contribution is 2.32. The van der Waals surface area contributed by atoms with Gasteiger partial charge in [0.25, 0.3) is 0 Å². The van der Waals surface area contributed by atoms with Crippen LogP contribution in [0.2, 0.25) is 0 Å². The molecule has 0 aromatic heterocycles. The number of rotatable bonds is 7. The maximum Gasteiger partial charge on any atom is 0.309 e. The van der Waals surface area contributed by atoms with E-state index in [1.807, 2.05) is 6.92 Å². The summed E-state index contributed by atoms with van der Waals surface area (Å²) < 4.78 is 5.07. The smallest absolute Gasteiger partial charge is 0.309 e. The van der Waals surface area contributed by atoms with E-state index >= 15 is 0 Å². The normalized spacial score (nSPS) is 19.7. The molecule has 4 nitrogen and oxygen atoms in total. The van der Waals surface area contributed by atoms with E-state index in [0.29, 0.717) is 18.9 Å². The van der Waals surface area contributed by atoms with E-state index in [1.165, 1.54) is 19.3 Å². The Hall–Kier alpha value is -1.06. The van der Waals surface area contributed by atoms with Gasteiger partial charge in [-0.05, 0) is 18.8 Å². The molecule has 2 atom stereocenters. The summed E-state index contributed by atoms with van der Waals surface area (Å²) in [7, 11) is 0. The number of esters is 1. The molecular formula is C15H26O4. The van der Waals surface area contributed by atoms with Crippen molar-refractivity contribution in [3.63, 3.8) is 0 Å². The largest absolute Gasteiger partial charge is 0.481 e. The zero-order chi connectivity index (χ0) is 14.3. The molecule has 0 radical (unpaired) electrons. The fourth-order valence-corrected chi connectivity index (χ4v) is 2.80. The van der Waals surface area contributed by atoms with E-state index in [1.54, 1.807) is 6.92 Å². The molecule has 0 saturated heterocycles. The van der Waals surface area contributed by atoms with E-state index < -0.39 is 17.8 Å². The second-order valence-corrected chi connectivity index (χ2v) is 5.64. The van der Waals surface area contributed by atoms with Crippen molar-refractivity contribution in [3.05, 3.63) is 0 Å². The lowest BCUT2D eigenvalue weighted by Gasteiger charge is -2.26. The summed E-state index contributed by atoms with van der Waals surface area (Å²) in [6.45, 7) is 3.98. The van der Waals surface area contributed by atoms with Crippen LogP contribution in [0.15, 0.2) is 0 Å². The Morgan fingerprint density at radius 2 is 1.89 bits per heavy atom. The van der Waals surface area contributed by atoms with Gasteiger partial charge >= 0.3 is 11.9 Å². The monoisotopic (exact) mass is 270 g/mol. The fraction of sp³-hybridized carbons (Fsp3) is 0.867. The number of aliphatic carboxylic acids is 1. The van der Waals surface area contributed by atoms with Crippen molar-refractivity contribution < 1.29 is 19.4 Å². The van der Waals surface area contributed by atoms with E-state index in [9.17, 15) is 14.7 Å². The number of hydrogen-bond donors (Lipinski definition) is 1. The van der Waals surface area contributed by atoms with Crippen LogP contribution in [0.5, 0.6) is 0 Å². The zero-order valence-corrected chi connectivity index (χ0v) is 12.1. The molecule has 0 aliphatic heterocycles. The molecule has 1 N–H and O–H groups in total. The third-order valence-corrected chi connectivity index (χ3v) is 4.05. The number of carbonyl (C=O) groups is 2. The Balaban J connectivity index is 2.54. The lowest BCUT2D eigenvalue weighted by atomic mass is 9.79. The molecule has 0 aromatic carbocycles. The SMILES string of the molecule is CCCOC(=O)[C@@H](C)[C@@H](CC1CCCCC1)C(=O)O. The van der Waals surface area contributed by atoms with E-state index in [0.717, 1.165) is 19.3 Å². The molecule has 1 saturated carbocycles. The molecule has 0 heterocycles. The Labute approximate surface area is 115 Å². The summed E-state index contributed by atoms with van der Waals surface area (Å²) in [6, 6.07) is 0. The minimum Gasteiger partial charge on any atom is -0.481 e. The van der Waals surface area contributed by atoms with Gasteiger partial charge in [-0.3, -0.25) is 9.59 Å². The predicted octanol–water partition coefficient (Wildman–Crippen LogP) is 3.25. The van der Waals surface area contributed by atoms with Gasteiger partial charge in [0.2, 0.25) is 0 Å². The second-order valence-electron chi connectivity index (χ2n) is 5.64. The molecule has 4 heteroatoms. The molecule has 1 aliphatic rings. The van der Waals surface area contributed by atoms with Gasteiger partial charge in [0, 0.05) is 0 Å². The minimum absolute atomic E-state index is 0.370. The van der Waals surface area contributed by atoms with Gasteiger partial charge in [-0.1, -0.05) is 46.0 Å². The van der Waals surface area contributed by atoms with Crippen LogP contribution in [-0.4, -0.2) is 23.7 Å². The number of ether oxygens (including phenoxy) is 1. The number of carboxylic acids is 1. The van der Waals surface area contributed by atoms with Crippen LogP contribution in [-0.2, 0) is 14.3 Å². The predicted molar refractivity (Wildman–Crippen MR) is 72.7 cm³/mol. The summed E-state index contributed by atoms with van der Waals surface area (Å²) in [5.41, 5.74) is 0. The van der Waals surface area contributed by atoms with Crippen molar-refractivity contribution in [3.8, 4) is 0 Å². The first kappa shape index (κ1) is 16.0. The van der Waals surface area contributed by atoms with Crippen molar-refractivity contribution in [1.29, 1.82) is 0 Å². The van der Waals surface area contributed by atoms with Crippen LogP contribution in [0.1, 0.15) is 58.8 Å². The molecule has 1 fully saturated rings. The molecule has 0 unspecified atom stereocenters. The molecule has 1 aliphatic carbocycles. The van der Waals surface area contributed by atoms with Crippen molar-refractivity contribution in [1.82, 2.24) is 0 Å². The van der Waals surface area contributed by atoms with Crippen molar-refractivity contribution in [2.75, 3.05) is 6.61 Å². The van der Waals surface area contributed by atoms with E-state index in [2.05, 4.69) is 0 Å². The summed E-state index contributed by atoms with van der Waals surface area (Å²) in [6.07, 6.45) is 7.19. The first-order valence-corrected chi connectivity index (χ1v) is 7.45. The van der Waals surface area contributed by atoms with Crippen molar-refractivity contribution in [2.24, 2.45) is 17.8 Å². The molecule has 0 bridgehead atoms. The Morgan fingerprint density at radius 1 is 1.26 bits per heavy atom. The van der Waals surface area contributed by atoms with Crippen LogP contribution < -0.4 is 0 Å². The molecule has 0 amide bonds. The third-order valence-electron chi connectivity index (χ3n) is 4.05. The molecular weight excluding hydrogens is 244 g/mol. The Kier molecular flexibility index (Phi) is 6.89. The van der Waals surface area contributed by atoms with Crippen LogP contribution >= 0.6 is 0 Å². The standard InChI is InChI=1S/C15H26O4/c1-3-9-19-15(18)11(2)13(14(16)17)10-12-7-5-4-6-8-12/h11-13H,3-10H2,1-2H3,(H,16,17)/t11-,13+/m0/s1. The number of hydrogen-bond acceptors (Lipinski definition) is 3.